The number of nitrogens with zero attached hydrogens (tertiary/aromatic N) is 4. The van der Waals surface area contributed by atoms with Crippen molar-refractivity contribution >= 4 is 40.0 Å². The third-order valence-electron chi connectivity index (χ3n) is 12.0. The Bertz CT molecular complexity index is 2110. The maximum atomic E-state index is 13.6. The number of benzene rings is 3. The molecule has 0 atom stereocenters. The number of carbonyl (C=O) groups is 2. The van der Waals surface area contributed by atoms with Crippen LogP contribution in [0.2, 0.25) is 0 Å². The molecule has 356 valence electrons. The predicted octanol–water partition coefficient (Wildman–Crippen LogP) is 4.90. The summed E-state index contributed by atoms with van der Waals surface area (Å²) >= 11 is 5.69. The molecule has 0 N–H and O–H groups in total. The van der Waals surface area contributed by atoms with Gasteiger partial charge in [-0.15, -0.1) is 11.6 Å². The first kappa shape index (κ1) is 50.5. The molecule has 0 spiro atoms. The number of hydrogen-bond acceptors (Lipinski definition) is 13. The highest BCUT2D eigenvalue weighted by Gasteiger charge is 2.24. The molecule has 3 heterocycles. The fourth-order valence-corrected chi connectivity index (χ4v) is 8.30. The SMILES string of the molecule is CN1CCN(c2ccc3c(-c4cc(C(=O)CCCOCCOCCOCCOCCOCCOCCCCCCCl)ccc4C(=O)[O-])c4ccc(=[N+]5CCN(C)CC5)cc-4oc3c2)CC1. The fraction of sp³-hybridized carbons (Fsp3) is 0.580. The molecule has 0 saturated carbocycles. The zero-order chi connectivity index (χ0) is 45.6. The van der Waals surface area contributed by atoms with E-state index in [-0.39, 0.29) is 17.8 Å². The van der Waals surface area contributed by atoms with Crippen molar-refractivity contribution in [3.05, 3.63) is 71.1 Å². The van der Waals surface area contributed by atoms with Gasteiger partial charge in [0, 0.05) is 97.2 Å². The number of fused-ring (bicyclic) bond motifs is 2. The van der Waals surface area contributed by atoms with Crippen LogP contribution in [0, 0.1) is 0 Å². The number of piperazine rings is 2. The number of ketones is 1. The first-order chi connectivity index (χ1) is 31.8. The number of carboxylic acid groups (broad SMARTS) is 1. The van der Waals surface area contributed by atoms with Crippen molar-refractivity contribution in [1.29, 1.82) is 0 Å². The van der Waals surface area contributed by atoms with E-state index in [9.17, 15) is 14.7 Å². The Morgan fingerprint density at radius 2 is 1.22 bits per heavy atom. The minimum absolute atomic E-state index is 0.0162. The highest BCUT2D eigenvalue weighted by atomic mass is 35.5. The molecule has 14 nitrogen and oxygen atoms in total. The molecule has 2 aromatic rings. The third kappa shape index (κ3) is 15.8. The number of Topliss-reactive ketones (excluding diaryl/α,β-unsaturated/α-hetero) is 1. The molecule has 4 aliphatic rings. The third-order valence-corrected chi connectivity index (χ3v) is 12.2. The van der Waals surface area contributed by atoms with Gasteiger partial charge >= 0.3 is 0 Å². The molecule has 0 bridgehead atoms. The minimum atomic E-state index is -1.31. The van der Waals surface area contributed by atoms with E-state index >= 15 is 0 Å². The van der Waals surface area contributed by atoms with Crippen LogP contribution in [0.5, 0.6) is 0 Å². The van der Waals surface area contributed by atoms with Crippen molar-refractivity contribution in [3.63, 3.8) is 0 Å². The van der Waals surface area contributed by atoms with E-state index in [1.807, 2.05) is 12.1 Å². The van der Waals surface area contributed by atoms with Gasteiger partial charge in [-0.3, -0.25) is 9.69 Å². The van der Waals surface area contributed by atoms with Gasteiger partial charge in [-0.25, -0.2) is 4.58 Å². The van der Waals surface area contributed by atoms with Gasteiger partial charge in [0.1, 0.15) is 11.3 Å². The number of alkyl halides is 1. The molecular formula is C50H69ClN4O10. The highest BCUT2D eigenvalue weighted by Crippen LogP contribution is 2.42. The van der Waals surface area contributed by atoms with E-state index < -0.39 is 5.97 Å². The van der Waals surface area contributed by atoms with E-state index in [0.29, 0.717) is 107 Å². The van der Waals surface area contributed by atoms with Crippen molar-refractivity contribution in [2.24, 2.45) is 0 Å². The Morgan fingerprint density at radius 3 is 1.83 bits per heavy atom. The Kier molecular flexibility index (Phi) is 21.4. The summed E-state index contributed by atoms with van der Waals surface area (Å²) in [7, 11) is 4.26. The normalized spacial score (nSPS) is 15.1. The number of unbranched alkanes of at least 4 members (excludes halogenated alkanes) is 3. The monoisotopic (exact) mass is 920 g/mol. The van der Waals surface area contributed by atoms with Gasteiger partial charge in [-0.2, -0.15) is 0 Å². The lowest BCUT2D eigenvalue weighted by molar-refractivity contribution is -0.254. The van der Waals surface area contributed by atoms with Gasteiger partial charge in [0.25, 0.3) is 0 Å². The van der Waals surface area contributed by atoms with E-state index in [1.165, 1.54) is 6.07 Å². The van der Waals surface area contributed by atoms with Crippen LogP contribution in [0.1, 0.15) is 59.2 Å². The van der Waals surface area contributed by atoms with Crippen molar-refractivity contribution in [2.45, 2.75) is 38.5 Å². The first-order valence-corrected chi connectivity index (χ1v) is 24.0. The zero-order valence-electron chi connectivity index (χ0n) is 38.5. The van der Waals surface area contributed by atoms with Crippen LogP contribution >= 0.6 is 11.6 Å². The van der Waals surface area contributed by atoms with Crippen LogP contribution in [0.3, 0.4) is 0 Å². The molecule has 1 aliphatic carbocycles. The summed E-state index contributed by atoms with van der Waals surface area (Å²) in [6.07, 6.45) is 5.17. The van der Waals surface area contributed by atoms with Gasteiger partial charge in [0.05, 0.1) is 91.2 Å². The van der Waals surface area contributed by atoms with Crippen LogP contribution in [-0.2, 0) is 28.4 Å². The number of carbonyl (C=O) groups excluding carboxylic acids is 2. The molecule has 0 unspecified atom stereocenters. The molecule has 0 aromatic heterocycles. The molecule has 0 radical (unpaired) electrons. The molecular weight excluding hydrogens is 852 g/mol. The van der Waals surface area contributed by atoms with E-state index in [1.54, 1.807) is 12.1 Å². The topological polar surface area (TPSA) is 138 Å². The summed E-state index contributed by atoms with van der Waals surface area (Å²) in [5, 5.41) is 14.5. The lowest BCUT2D eigenvalue weighted by Crippen LogP contribution is -2.46. The molecule has 0 amide bonds. The van der Waals surface area contributed by atoms with Gasteiger partial charge in [0.15, 0.2) is 18.9 Å². The average Bonchev–Trinajstić information content (AvgIpc) is 3.32. The molecule has 2 saturated heterocycles. The maximum Gasteiger partial charge on any atom is 0.203 e. The van der Waals surface area contributed by atoms with Crippen molar-refractivity contribution in [3.8, 4) is 22.5 Å². The number of aromatic carboxylic acids is 1. The zero-order valence-corrected chi connectivity index (χ0v) is 39.3. The standard InChI is InChI=1S/C50H69ClN4O10/c1-52-16-20-54(21-17-52)40-10-13-43-47(37-40)65-48-38-41(55-22-18-53(2)19-23-55)11-14-44(48)49(43)45-36-39(9-12-42(45)50(57)58)46(56)8-7-25-60-27-29-62-31-33-64-35-34-63-32-30-61-28-26-59-24-6-4-3-5-15-51/h9-14,36-38H,3-8,15-35H2,1-2H3. The summed E-state index contributed by atoms with van der Waals surface area (Å²) in [5.41, 5.74) is 4.03. The van der Waals surface area contributed by atoms with Crippen molar-refractivity contribution in [1.82, 2.24) is 14.4 Å². The average molecular weight is 922 g/mol. The highest BCUT2D eigenvalue weighted by molar-refractivity contribution is 6.17. The summed E-state index contributed by atoms with van der Waals surface area (Å²) in [4.78, 5) is 33.3. The second-order valence-corrected chi connectivity index (χ2v) is 17.1. The van der Waals surface area contributed by atoms with E-state index in [4.69, 9.17) is 44.4 Å². The Balaban J connectivity index is 0.968. The molecule has 2 aromatic carbocycles. The molecule has 15 heteroatoms. The van der Waals surface area contributed by atoms with Gasteiger partial charge in [-0.1, -0.05) is 25.0 Å². The van der Waals surface area contributed by atoms with Crippen LogP contribution in [-0.4, -0.2) is 173 Å². The molecule has 6 rings (SSSR count). The quantitative estimate of drug-likeness (QED) is 0.0240. The first-order valence-electron chi connectivity index (χ1n) is 23.4. The Labute approximate surface area is 389 Å². The number of rotatable bonds is 29. The maximum absolute atomic E-state index is 13.6. The summed E-state index contributed by atoms with van der Waals surface area (Å²) < 4.78 is 42.6. The van der Waals surface area contributed by atoms with Gasteiger partial charge < -0.3 is 52.5 Å². The van der Waals surface area contributed by atoms with E-state index in [0.717, 1.165) is 113 Å². The van der Waals surface area contributed by atoms with Crippen molar-refractivity contribution < 1.29 is 47.5 Å². The summed E-state index contributed by atoms with van der Waals surface area (Å²) in [5.74, 6) is -0.0325. The van der Waals surface area contributed by atoms with Crippen LogP contribution in [0.15, 0.2) is 59.0 Å². The van der Waals surface area contributed by atoms with Crippen molar-refractivity contribution in [2.75, 3.05) is 157 Å². The molecule has 65 heavy (non-hydrogen) atoms. The molecule has 2 fully saturated rings. The van der Waals surface area contributed by atoms with Gasteiger partial charge in [0.2, 0.25) is 5.36 Å². The van der Waals surface area contributed by atoms with Crippen LogP contribution in [0.4, 0.5) is 5.69 Å². The summed E-state index contributed by atoms with van der Waals surface area (Å²) in [6, 6.07) is 17.1. The Morgan fingerprint density at radius 1 is 0.631 bits per heavy atom. The van der Waals surface area contributed by atoms with Gasteiger partial charge in [-0.05, 0) is 63.2 Å². The smallest absolute Gasteiger partial charge is 0.203 e. The minimum Gasteiger partial charge on any atom is -0.545 e. The number of hydrogen-bond donors (Lipinski definition) is 0. The van der Waals surface area contributed by atoms with E-state index in [2.05, 4.69) is 57.6 Å². The Hall–Kier alpha value is -3.96. The molecule has 3 aliphatic heterocycles. The number of ether oxygens (including phenoxy) is 6. The number of anilines is 1. The van der Waals surface area contributed by atoms with Crippen LogP contribution in [0.25, 0.3) is 33.4 Å². The fourth-order valence-electron chi connectivity index (χ4n) is 8.12. The second-order valence-electron chi connectivity index (χ2n) is 16.8. The number of carboxylic acids is 1. The lowest BCUT2D eigenvalue weighted by Gasteiger charge is -2.34. The number of likely N-dealkylation sites (N-methyl/N-ethyl adjacent to an activating group) is 2. The second kappa shape index (κ2) is 27.6. The summed E-state index contributed by atoms with van der Waals surface area (Å²) in [6.45, 7) is 13.4. The predicted molar refractivity (Wildman–Crippen MR) is 252 cm³/mol. The number of halogens is 1. The van der Waals surface area contributed by atoms with Crippen LogP contribution < -0.4 is 19.9 Å². The largest absolute Gasteiger partial charge is 0.545 e. The lowest BCUT2D eigenvalue weighted by atomic mass is 9.88.